The molecule has 0 unspecified atom stereocenters. The Hall–Kier alpha value is -2.76. The summed E-state index contributed by atoms with van der Waals surface area (Å²) in [5, 5.41) is 9.10. The lowest BCUT2D eigenvalue weighted by Crippen LogP contribution is -1.98. The van der Waals surface area contributed by atoms with E-state index in [2.05, 4.69) is 15.0 Å². The molecule has 0 aliphatic carbocycles. The molecule has 20 heavy (non-hydrogen) atoms. The number of carbonyl (C=O) groups is 1. The number of benzene rings is 1. The maximum absolute atomic E-state index is 13.4. The highest BCUT2D eigenvalue weighted by atomic mass is 19.1. The predicted molar refractivity (Wildman–Crippen MR) is 71.0 cm³/mol. The molecule has 2 N–H and O–H groups in total. The van der Waals surface area contributed by atoms with Gasteiger partial charge in [-0.2, -0.15) is 0 Å². The fourth-order valence-electron chi connectivity index (χ4n) is 2.07. The van der Waals surface area contributed by atoms with Gasteiger partial charge in [0.25, 0.3) is 0 Å². The van der Waals surface area contributed by atoms with Crippen LogP contribution in [0.15, 0.2) is 30.5 Å². The van der Waals surface area contributed by atoms with Crippen LogP contribution in [-0.4, -0.2) is 26.0 Å². The molecule has 0 amide bonds. The highest BCUT2D eigenvalue weighted by Crippen LogP contribution is 2.24. The zero-order valence-corrected chi connectivity index (χ0v) is 10.5. The van der Waals surface area contributed by atoms with Gasteiger partial charge < -0.3 is 10.1 Å². The minimum atomic E-state index is -1.21. The number of carboxylic acids is 1. The normalized spacial score (nSPS) is 10.9. The molecule has 1 aromatic carbocycles. The minimum absolute atomic E-state index is 0.159. The molecule has 0 fully saturated rings. The van der Waals surface area contributed by atoms with Crippen LogP contribution in [-0.2, 0) is 0 Å². The lowest BCUT2D eigenvalue weighted by molar-refractivity contribution is 0.0698. The Balaban J connectivity index is 2.25. The first-order valence-electron chi connectivity index (χ1n) is 5.90. The minimum Gasteiger partial charge on any atom is -0.478 e. The average Bonchev–Trinajstić information content (AvgIpc) is 2.81. The highest BCUT2D eigenvalue weighted by Gasteiger charge is 2.15. The van der Waals surface area contributed by atoms with E-state index in [9.17, 15) is 9.18 Å². The van der Waals surface area contributed by atoms with Crippen LogP contribution in [0.2, 0.25) is 0 Å². The van der Waals surface area contributed by atoms with Crippen molar-refractivity contribution >= 4 is 17.0 Å². The molecule has 2 heterocycles. The van der Waals surface area contributed by atoms with Gasteiger partial charge in [0.05, 0.1) is 11.1 Å². The summed E-state index contributed by atoms with van der Waals surface area (Å²) in [5.41, 5.74) is 2.02. The zero-order chi connectivity index (χ0) is 14.3. The third kappa shape index (κ3) is 2.01. The van der Waals surface area contributed by atoms with Gasteiger partial charge in [-0.05, 0) is 31.2 Å². The van der Waals surface area contributed by atoms with Crippen molar-refractivity contribution in [2.75, 3.05) is 0 Å². The van der Waals surface area contributed by atoms with E-state index in [0.29, 0.717) is 11.3 Å². The van der Waals surface area contributed by atoms with E-state index in [0.717, 1.165) is 17.3 Å². The van der Waals surface area contributed by atoms with Gasteiger partial charge in [-0.15, -0.1) is 0 Å². The summed E-state index contributed by atoms with van der Waals surface area (Å²) in [6.45, 7) is 1.84. The summed E-state index contributed by atoms with van der Waals surface area (Å²) in [4.78, 5) is 22.4. The van der Waals surface area contributed by atoms with Crippen LogP contribution in [0.25, 0.3) is 22.4 Å². The van der Waals surface area contributed by atoms with Crippen molar-refractivity contribution in [1.29, 1.82) is 0 Å². The number of halogens is 1. The van der Waals surface area contributed by atoms with Crippen LogP contribution in [0, 0.1) is 12.7 Å². The largest absolute Gasteiger partial charge is 0.478 e. The Morgan fingerprint density at radius 1 is 1.35 bits per heavy atom. The quantitative estimate of drug-likeness (QED) is 0.751. The van der Waals surface area contributed by atoms with Gasteiger partial charge in [-0.3, -0.25) is 4.98 Å². The smallest absolute Gasteiger partial charge is 0.338 e. The maximum atomic E-state index is 13.4. The number of nitrogens with zero attached hydrogens (tertiary/aromatic N) is 2. The SMILES string of the molecule is Cc1cc(-c2nc3c(C(=O)O)cc(F)cc3[nH]2)ccn1. The fraction of sp³-hybridized carbons (Fsp3) is 0.0714. The van der Waals surface area contributed by atoms with Gasteiger partial charge >= 0.3 is 5.97 Å². The number of pyridine rings is 1. The molecule has 3 aromatic rings. The second-order valence-electron chi connectivity index (χ2n) is 4.43. The van der Waals surface area contributed by atoms with Gasteiger partial charge in [-0.1, -0.05) is 0 Å². The number of carboxylic acid groups (broad SMARTS) is 1. The highest BCUT2D eigenvalue weighted by molar-refractivity contribution is 6.01. The summed E-state index contributed by atoms with van der Waals surface area (Å²) in [5.74, 6) is -1.34. The van der Waals surface area contributed by atoms with E-state index >= 15 is 0 Å². The summed E-state index contributed by atoms with van der Waals surface area (Å²) in [6, 6.07) is 5.76. The second kappa shape index (κ2) is 4.41. The average molecular weight is 271 g/mol. The summed E-state index contributed by atoms with van der Waals surface area (Å²) < 4.78 is 13.4. The fourth-order valence-corrected chi connectivity index (χ4v) is 2.07. The molecule has 0 aliphatic rings. The lowest BCUT2D eigenvalue weighted by atomic mass is 10.2. The topological polar surface area (TPSA) is 78.9 Å². The molecule has 0 radical (unpaired) electrons. The van der Waals surface area contributed by atoms with E-state index in [4.69, 9.17) is 5.11 Å². The Bertz CT molecular complexity index is 826. The first-order valence-corrected chi connectivity index (χ1v) is 5.90. The lowest BCUT2D eigenvalue weighted by Gasteiger charge is -1.96. The molecule has 0 aliphatic heterocycles. The van der Waals surface area contributed by atoms with Crippen molar-refractivity contribution in [2.24, 2.45) is 0 Å². The summed E-state index contributed by atoms with van der Waals surface area (Å²) in [7, 11) is 0. The van der Waals surface area contributed by atoms with Crippen molar-refractivity contribution in [2.45, 2.75) is 6.92 Å². The van der Waals surface area contributed by atoms with Crippen molar-refractivity contribution < 1.29 is 14.3 Å². The number of rotatable bonds is 2. The summed E-state index contributed by atoms with van der Waals surface area (Å²) >= 11 is 0. The Morgan fingerprint density at radius 3 is 2.85 bits per heavy atom. The molecule has 0 atom stereocenters. The van der Waals surface area contributed by atoms with Gasteiger partial charge in [0.2, 0.25) is 0 Å². The number of imidazole rings is 1. The van der Waals surface area contributed by atoms with Crippen molar-refractivity contribution in [3.63, 3.8) is 0 Å². The molecule has 0 saturated carbocycles. The molecule has 0 saturated heterocycles. The van der Waals surface area contributed by atoms with Gasteiger partial charge in [0.15, 0.2) is 0 Å². The third-order valence-electron chi connectivity index (χ3n) is 2.95. The monoisotopic (exact) mass is 271 g/mol. The maximum Gasteiger partial charge on any atom is 0.338 e. The molecule has 3 rings (SSSR count). The van der Waals surface area contributed by atoms with E-state index < -0.39 is 11.8 Å². The molecule has 6 heteroatoms. The molecule has 0 bridgehead atoms. The van der Waals surface area contributed by atoms with Gasteiger partial charge in [-0.25, -0.2) is 14.2 Å². The van der Waals surface area contributed by atoms with Crippen LogP contribution in [0.5, 0.6) is 0 Å². The molecular formula is C14H10FN3O2. The molecule has 5 nitrogen and oxygen atoms in total. The molecule has 2 aromatic heterocycles. The van der Waals surface area contributed by atoms with Crippen LogP contribution in [0.1, 0.15) is 16.1 Å². The van der Waals surface area contributed by atoms with E-state index in [1.807, 2.05) is 13.0 Å². The molecule has 0 spiro atoms. The number of fused-ring (bicyclic) bond motifs is 1. The Morgan fingerprint density at radius 2 is 2.15 bits per heavy atom. The first kappa shape index (κ1) is 12.3. The number of nitrogens with one attached hydrogen (secondary N) is 1. The standard InChI is InChI=1S/C14H10FN3O2/c1-7-4-8(2-3-16-7)13-17-11-6-9(15)5-10(14(19)20)12(11)18-13/h2-6H,1H3,(H,17,18)(H,19,20). The predicted octanol–water partition coefficient (Wildman–Crippen LogP) is 2.77. The number of H-pyrrole nitrogens is 1. The van der Waals surface area contributed by atoms with Crippen LogP contribution in [0.3, 0.4) is 0 Å². The van der Waals surface area contributed by atoms with Crippen LogP contribution < -0.4 is 0 Å². The van der Waals surface area contributed by atoms with Crippen molar-refractivity contribution in [1.82, 2.24) is 15.0 Å². The number of aromatic nitrogens is 3. The Labute approximate surface area is 113 Å². The zero-order valence-electron chi connectivity index (χ0n) is 10.5. The Kier molecular flexibility index (Phi) is 2.71. The summed E-state index contributed by atoms with van der Waals surface area (Å²) in [6.07, 6.45) is 1.64. The van der Waals surface area contributed by atoms with Crippen molar-refractivity contribution in [3.05, 3.63) is 47.5 Å². The number of aromatic carboxylic acids is 1. The molecular weight excluding hydrogens is 261 g/mol. The number of aryl methyl sites for hydroxylation is 1. The van der Waals surface area contributed by atoms with Crippen molar-refractivity contribution in [3.8, 4) is 11.4 Å². The second-order valence-corrected chi connectivity index (χ2v) is 4.43. The number of hydrogen-bond acceptors (Lipinski definition) is 3. The van der Waals surface area contributed by atoms with Crippen LogP contribution >= 0.6 is 0 Å². The third-order valence-corrected chi connectivity index (χ3v) is 2.95. The van der Waals surface area contributed by atoms with Crippen LogP contribution in [0.4, 0.5) is 4.39 Å². The molecule has 100 valence electrons. The first-order chi connectivity index (χ1) is 9.54. The number of aromatic amines is 1. The number of hydrogen-bond donors (Lipinski definition) is 2. The van der Waals surface area contributed by atoms with E-state index in [1.165, 1.54) is 6.07 Å². The van der Waals surface area contributed by atoms with Gasteiger partial charge in [0.1, 0.15) is 17.2 Å². The van der Waals surface area contributed by atoms with E-state index in [-0.39, 0.29) is 11.1 Å². The van der Waals surface area contributed by atoms with Gasteiger partial charge in [0, 0.05) is 17.5 Å². The van der Waals surface area contributed by atoms with E-state index in [1.54, 1.807) is 12.3 Å².